The summed E-state index contributed by atoms with van der Waals surface area (Å²) >= 11 is 0. The van der Waals surface area contributed by atoms with Crippen molar-refractivity contribution in [1.29, 1.82) is 0 Å². The lowest BCUT2D eigenvalue weighted by Crippen LogP contribution is -2.23. The van der Waals surface area contributed by atoms with E-state index in [0.29, 0.717) is 31.2 Å². The quantitative estimate of drug-likeness (QED) is 0.613. The van der Waals surface area contributed by atoms with Crippen LogP contribution in [-0.4, -0.2) is 36.3 Å². The molecule has 0 aliphatic carbocycles. The largest absolute Gasteiger partial charge is 0.475 e. The third kappa shape index (κ3) is 6.33. The molecule has 0 aromatic carbocycles. The van der Waals surface area contributed by atoms with Crippen LogP contribution in [0.1, 0.15) is 31.1 Å². The summed E-state index contributed by atoms with van der Waals surface area (Å²) in [6.45, 7) is 10.8. The van der Waals surface area contributed by atoms with Crippen LogP contribution in [0.5, 0.6) is 5.88 Å². The average molecular weight is 278 g/mol. The normalized spacial score (nSPS) is 10.9. The summed E-state index contributed by atoms with van der Waals surface area (Å²) in [4.78, 5) is 15.7. The lowest BCUT2D eigenvalue weighted by atomic mass is 10.2. The molecular weight excluding hydrogens is 256 g/mol. The highest BCUT2D eigenvalue weighted by molar-refractivity contribution is 5.93. The number of carbonyl (C=O) groups excluding carboxylic acids is 1. The molecule has 0 radical (unpaired) electrons. The Labute approximate surface area is 120 Å². The highest BCUT2D eigenvalue weighted by Crippen LogP contribution is 2.09. The van der Waals surface area contributed by atoms with Crippen LogP contribution in [0.4, 0.5) is 0 Å². The van der Waals surface area contributed by atoms with E-state index in [2.05, 4.69) is 16.9 Å². The Hall–Kier alpha value is -1.88. The molecule has 1 heterocycles. The summed E-state index contributed by atoms with van der Waals surface area (Å²) in [6.07, 6.45) is 3.11. The standard InChI is InChI=1S/C15H22N2O3/c1-5-8-16-14(18)12-6-7-13(17-11-12)19-9-10-20-15(2,3)4/h5-7,11H,1,8-10H2,2-4H3,(H,16,18). The number of nitrogens with zero attached hydrogens (tertiary/aromatic N) is 1. The molecule has 1 rings (SSSR count). The highest BCUT2D eigenvalue weighted by atomic mass is 16.5. The Kier molecular flexibility index (Phi) is 6.18. The van der Waals surface area contributed by atoms with Gasteiger partial charge in [-0.2, -0.15) is 0 Å². The number of hydrogen-bond acceptors (Lipinski definition) is 4. The molecule has 20 heavy (non-hydrogen) atoms. The van der Waals surface area contributed by atoms with Gasteiger partial charge in [-0.05, 0) is 26.8 Å². The molecule has 5 nitrogen and oxygen atoms in total. The second kappa shape index (κ2) is 7.65. The molecule has 1 aromatic heterocycles. The van der Waals surface area contributed by atoms with Gasteiger partial charge in [-0.3, -0.25) is 4.79 Å². The van der Waals surface area contributed by atoms with E-state index < -0.39 is 0 Å². The van der Waals surface area contributed by atoms with E-state index in [9.17, 15) is 4.79 Å². The van der Waals surface area contributed by atoms with Crippen molar-refractivity contribution in [3.8, 4) is 5.88 Å². The predicted molar refractivity (Wildman–Crippen MR) is 78.0 cm³/mol. The summed E-state index contributed by atoms with van der Waals surface area (Å²) in [5.74, 6) is 0.294. The minimum absolute atomic E-state index is 0.177. The van der Waals surface area contributed by atoms with Gasteiger partial charge in [-0.25, -0.2) is 4.98 Å². The van der Waals surface area contributed by atoms with Gasteiger partial charge in [0.2, 0.25) is 5.88 Å². The van der Waals surface area contributed by atoms with Gasteiger partial charge in [0, 0.05) is 18.8 Å². The Morgan fingerprint density at radius 3 is 2.70 bits per heavy atom. The first-order chi connectivity index (χ1) is 9.42. The fourth-order valence-corrected chi connectivity index (χ4v) is 1.36. The van der Waals surface area contributed by atoms with Crippen molar-refractivity contribution in [2.75, 3.05) is 19.8 Å². The second-order valence-corrected chi connectivity index (χ2v) is 5.19. The summed E-state index contributed by atoms with van der Waals surface area (Å²) in [5.41, 5.74) is 0.314. The minimum Gasteiger partial charge on any atom is -0.475 e. The fraction of sp³-hybridized carbons (Fsp3) is 0.467. The number of hydrogen-bond donors (Lipinski definition) is 1. The van der Waals surface area contributed by atoms with Gasteiger partial charge in [0.25, 0.3) is 5.91 Å². The molecule has 0 saturated carbocycles. The van der Waals surface area contributed by atoms with Crippen LogP contribution in [0, 0.1) is 0 Å². The average Bonchev–Trinajstić information content (AvgIpc) is 2.40. The number of amides is 1. The zero-order chi connectivity index (χ0) is 15.0. The third-order valence-corrected chi connectivity index (χ3v) is 2.27. The van der Waals surface area contributed by atoms with Crippen LogP contribution in [0.3, 0.4) is 0 Å². The summed E-state index contributed by atoms with van der Waals surface area (Å²) in [5, 5.41) is 2.68. The Balaban J connectivity index is 2.39. The van der Waals surface area contributed by atoms with Crippen LogP contribution >= 0.6 is 0 Å². The molecule has 0 spiro atoms. The van der Waals surface area contributed by atoms with Gasteiger partial charge >= 0.3 is 0 Å². The Morgan fingerprint density at radius 1 is 1.40 bits per heavy atom. The van der Waals surface area contributed by atoms with E-state index in [1.807, 2.05) is 20.8 Å². The molecule has 0 bridgehead atoms. The van der Waals surface area contributed by atoms with Crippen LogP contribution in [0.2, 0.25) is 0 Å². The van der Waals surface area contributed by atoms with E-state index in [1.165, 1.54) is 6.20 Å². The van der Waals surface area contributed by atoms with Crippen molar-refractivity contribution in [1.82, 2.24) is 10.3 Å². The smallest absolute Gasteiger partial charge is 0.253 e. The molecule has 0 atom stereocenters. The third-order valence-electron chi connectivity index (χ3n) is 2.27. The molecule has 1 aromatic rings. The van der Waals surface area contributed by atoms with Crippen LogP contribution in [0.25, 0.3) is 0 Å². The van der Waals surface area contributed by atoms with E-state index in [0.717, 1.165) is 0 Å². The number of pyridine rings is 1. The number of nitrogens with one attached hydrogen (secondary N) is 1. The number of rotatable bonds is 7. The molecule has 0 aliphatic rings. The minimum atomic E-state index is -0.181. The molecular formula is C15H22N2O3. The van der Waals surface area contributed by atoms with Crippen molar-refractivity contribution < 1.29 is 14.3 Å². The topological polar surface area (TPSA) is 60.5 Å². The van der Waals surface area contributed by atoms with Gasteiger partial charge in [0.1, 0.15) is 6.61 Å². The highest BCUT2D eigenvalue weighted by Gasteiger charge is 2.09. The first kappa shape index (κ1) is 16.2. The first-order valence-electron chi connectivity index (χ1n) is 6.54. The van der Waals surface area contributed by atoms with Crippen LogP contribution < -0.4 is 10.1 Å². The molecule has 1 amide bonds. The molecule has 110 valence electrons. The molecule has 0 unspecified atom stereocenters. The van der Waals surface area contributed by atoms with Crippen LogP contribution in [0.15, 0.2) is 31.0 Å². The molecule has 0 fully saturated rings. The molecule has 0 aliphatic heterocycles. The monoisotopic (exact) mass is 278 g/mol. The maximum atomic E-state index is 11.6. The summed E-state index contributed by atoms with van der Waals surface area (Å²) < 4.78 is 11.0. The van der Waals surface area contributed by atoms with E-state index in [4.69, 9.17) is 9.47 Å². The van der Waals surface area contributed by atoms with Gasteiger partial charge < -0.3 is 14.8 Å². The lowest BCUT2D eigenvalue weighted by molar-refractivity contribution is -0.0168. The van der Waals surface area contributed by atoms with Crippen LogP contribution in [-0.2, 0) is 4.74 Å². The predicted octanol–water partition coefficient (Wildman–Crippen LogP) is 2.19. The molecule has 1 N–H and O–H groups in total. The SMILES string of the molecule is C=CCNC(=O)c1ccc(OCCOC(C)(C)C)nc1. The zero-order valence-corrected chi connectivity index (χ0v) is 12.3. The summed E-state index contributed by atoms with van der Waals surface area (Å²) in [7, 11) is 0. The Bertz CT molecular complexity index is 435. The maximum Gasteiger partial charge on any atom is 0.253 e. The van der Waals surface area contributed by atoms with Gasteiger partial charge in [0.05, 0.1) is 17.8 Å². The van der Waals surface area contributed by atoms with Gasteiger partial charge in [-0.15, -0.1) is 6.58 Å². The van der Waals surface area contributed by atoms with E-state index in [1.54, 1.807) is 18.2 Å². The van der Waals surface area contributed by atoms with Crippen molar-refractivity contribution in [3.63, 3.8) is 0 Å². The van der Waals surface area contributed by atoms with E-state index >= 15 is 0 Å². The lowest BCUT2D eigenvalue weighted by Gasteiger charge is -2.19. The van der Waals surface area contributed by atoms with Crippen molar-refractivity contribution in [2.45, 2.75) is 26.4 Å². The Morgan fingerprint density at radius 2 is 2.15 bits per heavy atom. The fourth-order valence-electron chi connectivity index (χ4n) is 1.36. The van der Waals surface area contributed by atoms with Crippen molar-refractivity contribution >= 4 is 5.91 Å². The molecule has 5 heteroatoms. The number of ether oxygens (including phenoxy) is 2. The number of carbonyl (C=O) groups is 1. The van der Waals surface area contributed by atoms with Gasteiger partial charge in [0.15, 0.2) is 0 Å². The van der Waals surface area contributed by atoms with Crippen molar-refractivity contribution in [3.05, 3.63) is 36.5 Å². The summed E-state index contributed by atoms with van der Waals surface area (Å²) in [6, 6.07) is 3.34. The maximum absolute atomic E-state index is 11.6. The second-order valence-electron chi connectivity index (χ2n) is 5.19. The number of aromatic nitrogens is 1. The first-order valence-corrected chi connectivity index (χ1v) is 6.54. The molecule has 0 saturated heterocycles. The van der Waals surface area contributed by atoms with Crippen molar-refractivity contribution in [2.24, 2.45) is 0 Å². The van der Waals surface area contributed by atoms with Gasteiger partial charge in [-0.1, -0.05) is 6.08 Å². The zero-order valence-electron chi connectivity index (χ0n) is 12.3. The van der Waals surface area contributed by atoms with E-state index in [-0.39, 0.29) is 11.5 Å².